The molecule has 3 aromatic heterocycles. The first-order chi connectivity index (χ1) is 17.4. The fourth-order valence-electron chi connectivity index (χ4n) is 5.76. The van der Waals surface area contributed by atoms with Crippen LogP contribution in [0, 0.1) is 5.92 Å². The molecule has 3 heterocycles. The van der Waals surface area contributed by atoms with Crippen LogP contribution in [0.3, 0.4) is 0 Å². The topological polar surface area (TPSA) is 70.8 Å². The van der Waals surface area contributed by atoms with Gasteiger partial charge in [-0.05, 0) is 55.4 Å². The van der Waals surface area contributed by atoms with Crippen molar-refractivity contribution in [3.8, 4) is 0 Å². The van der Waals surface area contributed by atoms with Crippen molar-refractivity contribution in [3.63, 3.8) is 0 Å². The van der Waals surface area contributed by atoms with Gasteiger partial charge >= 0.3 is 0 Å². The highest BCUT2D eigenvalue weighted by Crippen LogP contribution is 2.49. The van der Waals surface area contributed by atoms with E-state index in [0.717, 1.165) is 48.6 Å². The fraction of sp³-hybridized carbons (Fsp3) is 0.276. The van der Waals surface area contributed by atoms with E-state index in [-0.39, 0.29) is 23.9 Å². The molecule has 4 unspecified atom stereocenters. The lowest BCUT2D eigenvalue weighted by Crippen LogP contribution is -2.40. The van der Waals surface area contributed by atoms with Crippen molar-refractivity contribution in [1.82, 2.24) is 19.9 Å². The van der Waals surface area contributed by atoms with Crippen LogP contribution in [0.2, 0.25) is 0 Å². The number of benzene rings is 1. The number of imidazole rings is 1. The molecule has 2 aliphatic carbocycles. The Labute approximate surface area is 205 Å². The Bertz CT molecular complexity index is 1280. The van der Waals surface area contributed by atoms with Crippen molar-refractivity contribution in [2.24, 2.45) is 5.92 Å². The predicted octanol–water partition coefficient (Wildman–Crippen LogP) is 6.33. The van der Waals surface area contributed by atoms with Crippen molar-refractivity contribution in [1.29, 1.82) is 0 Å². The number of anilines is 1. The maximum absolute atomic E-state index is 6.09. The van der Waals surface area contributed by atoms with E-state index in [0.29, 0.717) is 0 Å². The number of aromatic nitrogens is 4. The Balaban J connectivity index is 1.56. The highest BCUT2D eigenvalue weighted by Gasteiger charge is 2.42. The molecule has 1 aromatic carbocycles. The van der Waals surface area contributed by atoms with Gasteiger partial charge in [-0.15, -0.1) is 0 Å². The number of para-hydroxylation sites is 1. The summed E-state index contributed by atoms with van der Waals surface area (Å²) in [7, 11) is 0. The van der Waals surface area contributed by atoms with Gasteiger partial charge in [-0.2, -0.15) is 0 Å². The fourth-order valence-corrected chi connectivity index (χ4v) is 5.76. The van der Waals surface area contributed by atoms with E-state index in [1.165, 1.54) is 12.0 Å². The van der Waals surface area contributed by atoms with Gasteiger partial charge in [0.2, 0.25) is 0 Å². The minimum atomic E-state index is -0.134. The molecule has 4 aromatic rings. The third-order valence-corrected chi connectivity index (χ3v) is 7.25. The van der Waals surface area contributed by atoms with Crippen molar-refractivity contribution >= 4 is 5.69 Å². The second-order valence-corrected chi connectivity index (χ2v) is 9.26. The summed E-state index contributed by atoms with van der Waals surface area (Å²) in [5.74, 6) is 2.06. The standard InChI is InChI=1S/C29H29N5O/c1-3-9-21(10-4-1)26(29-32-17-18-33-29)28(25-19-30-20-35-25)34(23-13-5-2-6-14-23)24-15-7-11-22-12-8-16-31-27(22)24/h1-6,8-9,12-14,16-21,24,26,28H,7,10-11,15H2,(H,32,33). The molecule has 1 N–H and O–H groups in total. The van der Waals surface area contributed by atoms with Crippen LogP contribution in [0.25, 0.3) is 0 Å². The van der Waals surface area contributed by atoms with Gasteiger partial charge in [-0.3, -0.25) is 4.98 Å². The molecule has 176 valence electrons. The molecule has 6 rings (SSSR count). The van der Waals surface area contributed by atoms with E-state index in [4.69, 9.17) is 14.4 Å². The molecular formula is C29H29N5O. The zero-order chi connectivity index (χ0) is 23.5. The lowest BCUT2D eigenvalue weighted by Gasteiger charge is -2.45. The number of H-pyrrole nitrogens is 1. The Morgan fingerprint density at radius 2 is 1.97 bits per heavy atom. The molecule has 0 aliphatic heterocycles. The average Bonchev–Trinajstić information content (AvgIpc) is 3.65. The zero-order valence-electron chi connectivity index (χ0n) is 19.6. The Kier molecular flexibility index (Phi) is 6.01. The first-order valence-corrected chi connectivity index (χ1v) is 12.4. The molecule has 0 saturated carbocycles. The molecule has 0 saturated heterocycles. The summed E-state index contributed by atoms with van der Waals surface area (Å²) in [6, 6.07) is 14.9. The molecular weight excluding hydrogens is 434 g/mol. The lowest BCUT2D eigenvalue weighted by atomic mass is 9.78. The van der Waals surface area contributed by atoms with Gasteiger partial charge < -0.3 is 14.3 Å². The molecule has 0 spiro atoms. The van der Waals surface area contributed by atoms with Crippen LogP contribution in [0.5, 0.6) is 0 Å². The van der Waals surface area contributed by atoms with Crippen molar-refractivity contribution in [3.05, 3.63) is 121 Å². The minimum Gasteiger partial charge on any atom is -0.446 e. The van der Waals surface area contributed by atoms with Gasteiger partial charge in [-0.1, -0.05) is 48.6 Å². The third-order valence-electron chi connectivity index (χ3n) is 7.25. The third kappa shape index (κ3) is 4.20. The Hall–Kier alpha value is -3.93. The normalized spacial score (nSPS) is 20.8. The zero-order valence-corrected chi connectivity index (χ0v) is 19.6. The monoisotopic (exact) mass is 463 g/mol. The number of pyridine rings is 1. The van der Waals surface area contributed by atoms with Gasteiger partial charge in [0, 0.05) is 24.3 Å². The van der Waals surface area contributed by atoms with Crippen LogP contribution in [-0.2, 0) is 6.42 Å². The van der Waals surface area contributed by atoms with Crippen LogP contribution in [-0.4, -0.2) is 19.9 Å². The first kappa shape index (κ1) is 21.6. The number of oxazole rings is 1. The molecule has 0 amide bonds. The number of aromatic amines is 1. The van der Waals surface area contributed by atoms with Crippen LogP contribution in [0.1, 0.15) is 60.1 Å². The highest BCUT2D eigenvalue weighted by atomic mass is 16.3. The number of allylic oxidation sites excluding steroid dienone is 4. The van der Waals surface area contributed by atoms with E-state index in [1.54, 1.807) is 0 Å². The number of hydrogen-bond acceptors (Lipinski definition) is 5. The number of nitrogens with zero attached hydrogens (tertiary/aromatic N) is 4. The molecule has 6 heteroatoms. The van der Waals surface area contributed by atoms with Gasteiger partial charge in [-0.25, -0.2) is 9.97 Å². The Morgan fingerprint density at radius 1 is 1.03 bits per heavy atom. The van der Waals surface area contributed by atoms with Crippen LogP contribution >= 0.6 is 0 Å². The van der Waals surface area contributed by atoms with Crippen molar-refractivity contribution < 1.29 is 4.42 Å². The molecule has 0 bridgehead atoms. The summed E-state index contributed by atoms with van der Waals surface area (Å²) >= 11 is 0. The highest BCUT2D eigenvalue weighted by molar-refractivity contribution is 5.52. The average molecular weight is 464 g/mol. The number of rotatable bonds is 7. The molecule has 0 radical (unpaired) electrons. The van der Waals surface area contributed by atoms with Gasteiger partial charge in [0.05, 0.1) is 29.9 Å². The summed E-state index contributed by atoms with van der Waals surface area (Å²) in [5.41, 5.74) is 3.63. The quantitative estimate of drug-likeness (QED) is 0.347. The molecule has 35 heavy (non-hydrogen) atoms. The van der Waals surface area contributed by atoms with E-state index < -0.39 is 0 Å². The summed E-state index contributed by atoms with van der Waals surface area (Å²) in [6.07, 6.45) is 22.0. The SMILES string of the molecule is C1=CCC(C(c2ncc[nH]2)C(c2cnco2)N(c2ccccc2)C2CCCc3cccnc32)C=C1. The molecule has 4 atom stereocenters. The summed E-state index contributed by atoms with van der Waals surface area (Å²) in [6.45, 7) is 0. The van der Waals surface area contributed by atoms with Gasteiger partial charge in [0.15, 0.2) is 6.39 Å². The van der Waals surface area contributed by atoms with Crippen molar-refractivity contribution in [2.75, 3.05) is 4.90 Å². The predicted molar refractivity (Wildman–Crippen MR) is 136 cm³/mol. The van der Waals surface area contributed by atoms with Gasteiger partial charge in [0.1, 0.15) is 11.6 Å². The van der Waals surface area contributed by atoms with Gasteiger partial charge in [0.25, 0.3) is 0 Å². The smallest absolute Gasteiger partial charge is 0.180 e. The first-order valence-electron chi connectivity index (χ1n) is 12.4. The van der Waals surface area contributed by atoms with Crippen LogP contribution < -0.4 is 4.90 Å². The maximum atomic E-state index is 6.09. The maximum Gasteiger partial charge on any atom is 0.180 e. The summed E-state index contributed by atoms with van der Waals surface area (Å²) in [5, 5.41) is 0. The van der Waals surface area contributed by atoms with Crippen LogP contribution in [0.4, 0.5) is 5.69 Å². The van der Waals surface area contributed by atoms with Crippen molar-refractivity contribution in [2.45, 2.75) is 43.7 Å². The van der Waals surface area contributed by atoms with E-state index in [1.807, 2.05) is 30.9 Å². The minimum absolute atomic E-state index is 0.0217. The second-order valence-electron chi connectivity index (χ2n) is 9.26. The van der Waals surface area contributed by atoms with Crippen LogP contribution in [0.15, 0.2) is 102 Å². The van der Waals surface area contributed by atoms with E-state index in [9.17, 15) is 0 Å². The number of nitrogens with one attached hydrogen (secondary N) is 1. The van der Waals surface area contributed by atoms with E-state index in [2.05, 4.69) is 75.6 Å². The number of fused-ring (bicyclic) bond motifs is 1. The number of aryl methyl sites for hydroxylation is 1. The molecule has 6 nitrogen and oxygen atoms in total. The molecule has 2 aliphatic rings. The summed E-state index contributed by atoms with van der Waals surface area (Å²) < 4.78 is 6.09. The number of hydrogen-bond donors (Lipinski definition) is 1. The van der Waals surface area contributed by atoms with E-state index >= 15 is 0 Å². The second kappa shape index (κ2) is 9.74. The Morgan fingerprint density at radius 3 is 2.74 bits per heavy atom. The molecule has 0 fully saturated rings. The largest absolute Gasteiger partial charge is 0.446 e. The summed E-state index contributed by atoms with van der Waals surface area (Å²) in [4.78, 5) is 20.0. The lowest BCUT2D eigenvalue weighted by molar-refractivity contribution is 0.316.